The van der Waals surface area contributed by atoms with Crippen molar-refractivity contribution in [2.45, 2.75) is 25.9 Å². The summed E-state index contributed by atoms with van der Waals surface area (Å²) in [5, 5.41) is 7.44. The van der Waals surface area contributed by atoms with Crippen molar-refractivity contribution in [3.63, 3.8) is 0 Å². The van der Waals surface area contributed by atoms with Gasteiger partial charge in [0.05, 0.1) is 12.6 Å². The highest BCUT2D eigenvalue weighted by Gasteiger charge is 2.08. The summed E-state index contributed by atoms with van der Waals surface area (Å²) >= 11 is 6.08. The predicted molar refractivity (Wildman–Crippen MR) is 127 cm³/mol. The minimum absolute atomic E-state index is 0. The number of nitrogens with zero attached hydrogens (tertiary/aromatic N) is 1. The molecule has 0 aliphatic rings. The molecule has 2 rings (SSSR count). The molecule has 0 amide bonds. The number of hydrogen-bond donors (Lipinski definition) is 2. The number of guanidine groups is 1. The van der Waals surface area contributed by atoms with Gasteiger partial charge in [-0.15, -0.1) is 24.0 Å². The molecule has 0 radical (unpaired) electrons. The van der Waals surface area contributed by atoms with Crippen LogP contribution in [-0.4, -0.2) is 33.3 Å². The predicted octanol–water partition coefficient (Wildman–Crippen LogP) is 4.80. The Morgan fingerprint density at radius 3 is 2.64 bits per heavy atom. The maximum atomic E-state index is 6.08. The van der Waals surface area contributed by atoms with Crippen LogP contribution in [0.5, 0.6) is 5.75 Å². The van der Waals surface area contributed by atoms with E-state index in [0.717, 1.165) is 34.3 Å². The Hall–Kier alpha value is -1.51. The van der Waals surface area contributed by atoms with Gasteiger partial charge in [-0.1, -0.05) is 35.9 Å². The van der Waals surface area contributed by atoms with E-state index in [1.54, 1.807) is 14.2 Å². The fourth-order valence-electron chi connectivity index (χ4n) is 2.58. The topological polar surface area (TPSA) is 54.9 Å². The molecule has 2 aromatic carbocycles. The van der Waals surface area contributed by atoms with Gasteiger partial charge < -0.3 is 20.1 Å². The summed E-state index contributed by atoms with van der Waals surface area (Å²) in [5.41, 5.74) is 2.23. The summed E-state index contributed by atoms with van der Waals surface area (Å²) in [5.74, 6) is 1.59. The molecule has 0 fully saturated rings. The Kier molecular flexibility index (Phi) is 11.9. The first-order chi connectivity index (χ1) is 13.1. The van der Waals surface area contributed by atoms with Crippen molar-refractivity contribution in [1.82, 2.24) is 10.6 Å². The largest absolute Gasteiger partial charge is 0.493 e. The van der Waals surface area contributed by atoms with Crippen LogP contribution >= 0.6 is 35.6 Å². The quantitative estimate of drug-likeness (QED) is 0.217. The third kappa shape index (κ3) is 8.67. The lowest BCUT2D eigenvalue weighted by Crippen LogP contribution is -2.38. The number of benzene rings is 2. The van der Waals surface area contributed by atoms with E-state index < -0.39 is 0 Å². The SMILES string of the molecule is CN=C(NCc1cccc(OCCCOC)c1)NC(C)c1cccc(Cl)c1.I. The van der Waals surface area contributed by atoms with Gasteiger partial charge in [0.25, 0.3) is 0 Å². The van der Waals surface area contributed by atoms with Crippen molar-refractivity contribution in [3.8, 4) is 5.75 Å². The molecular formula is C21H29ClIN3O2. The number of methoxy groups -OCH3 is 1. The maximum Gasteiger partial charge on any atom is 0.191 e. The highest BCUT2D eigenvalue weighted by molar-refractivity contribution is 14.0. The van der Waals surface area contributed by atoms with Crippen LogP contribution in [0.25, 0.3) is 0 Å². The zero-order valence-electron chi connectivity index (χ0n) is 16.6. The van der Waals surface area contributed by atoms with Gasteiger partial charge in [0.15, 0.2) is 5.96 Å². The summed E-state index contributed by atoms with van der Waals surface area (Å²) in [4.78, 5) is 4.30. The first-order valence-electron chi connectivity index (χ1n) is 9.05. The van der Waals surface area contributed by atoms with Crippen LogP contribution in [0, 0.1) is 0 Å². The summed E-state index contributed by atoms with van der Waals surface area (Å²) in [6.45, 7) is 4.07. The molecule has 0 aromatic heterocycles. The van der Waals surface area contributed by atoms with Gasteiger partial charge in [0.2, 0.25) is 0 Å². The van der Waals surface area contributed by atoms with E-state index in [1.807, 2.05) is 42.5 Å². The molecule has 28 heavy (non-hydrogen) atoms. The smallest absolute Gasteiger partial charge is 0.191 e. The zero-order chi connectivity index (χ0) is 19.5. The van der Waals surface area contributed by atoms with Crippen molar-refractivity contribution in [1.29, 1.82) is 0 Å². The zero-order valence-corrected chi connectivity index (χ0v) is 19.7. The number of aliphatic imine (C=N–C) groups is 1. The molecule has 0 heterocycles. The summed E-state index contributed by atoms with van der Waals surface area (Å²) in [6.07, 6.45) is 0.872. The van der Waals surface area contributed by atoms with Crippen molar-refractivity contribution in [2.24, 2.45) is 4.99 Å². The average molecular weight is 518 g/mol. The fourth-order valence-corrected chi connectivity index (χ4v) is 2.78. The fraction of sp³-hybridized carbons (Fsp3) is 0.381. The van der Waals surface area contributed by atoms with Gasteiger partial charge in [0, 0.05) is 38.8 Å². The van der Waals surface area contributed by atoms with Crippen LogP contribution in [0.3, 0.4) is 0 Å². The van der Waals surface area contributed by atoms with Gasteiger partial charge in [-0.3, -0.25) is 4.99 Å². The molecule has 0 aliphatic carbocycles. The summed E-state index contributed by atoms with van der Waals surface area (Å²) < 4.78 is 10.8. The van der Waals surface area contributed by atoms with Crippen LogP contribution in [0.1, 0.15) is 30.5 Å². The first kappa shape index (κ1) is 24.5. The standard InChI is InChI=1S/C21H28ClN3O2.HI/c1-16(18-8-5-9-19(22)14-18)25-21(23-2)24-15-17-7-4-10-20(13-17)27-12-6-11-26-3;/h4-5,7-10,13-14,16H,6,11-12,15H2,1-3H3,(H2,23,24,25);1H. The second-order valence-electron chi connectivity index (χ2n) is 6.19. The Balaban J connectivity index is 0.00000392. The minimum atomic E-state index is 0. The van der Waals surface area contributed by atoms with Crippen LogP contribution in [0.4, 0.5) is 0 Å². The monoisotopic (exact) mass is 517 g/mol. The van der Waals surface area contributed by atoms with E-state index in [4.69, 9.17) is 21.1 Å². The molecule has 0 bridgehead atoms. The van der Waals surface area contributed by atoms with E-state index in [2.05, 4.69) is 28.6 Å². The molecule has 0 spiro atoms. The first-order valence-corrected chi connectivity index (χ1v) is 9.43. The number of hydrogen-bond acceptors (Lipinski definition) is 3. The van der Waals surface area contributed by atoms with E-state index in [0.29, 0.717) is 19.8 Å². The Bertz CT molecular complexity index is 743. The molecule has 7 heteroatoms. The van der Waals surface area contributed by atoms with E-state index >= 15 is 0 Å². The Labute approximate surface area is 189 Å². The number of ether oxygens (including phenoxy) is 2. The molecule has 2 aromatic rings. The molecule has 0 aliphatic heterocycles. The summed E-state index contributed by atoms with van der Waals surface area (Å²) in [7, 11) is 3.45. The average Bonchev–Trinajstić information content (AvgIpc) is 2.68. The van der Waals surface area contributed by atoms with Crippen molar-refractivity contribution < 1.29 is 9.47 Å². The number of rotatable bonds is 9. The van der Waals surface area contributed by atoms with Gasteiger partial charge >= 0.3 is 0 Å². The molecule has 2 N–H and O–H groups in total. The minimum Gasteiger partial charge on any atom is -0.493 e. The molecule has 5 nitrogen and oxygen atoms in total. The molecular weight excluding hydrogens is 489 g/mol. The van der Waals surface area contributed by atoms with Crippen LogP contribution in [0.2, 0.25) is 5.02 Å². The lowest BCUT2D eigenvalue weighted by atomic mass is 10.1. The van der Waals surface area contributed by atoms with Gasteiger partial charge in [-0.05, 0) is 42.3 Å². The van der Waals surface area contributed by atoms with Gasteiger partial charge in [0.1, 0.15) is 5.75 Å². The Morgan fingerprint density at radius 1 is 1.14 bits per heavy atom. The highest BCUT2D eigenvalue weighted by Crippen LogP contribution is 2.17. The molecule has 0 saturated heterocycles. The van der Waals surface area contributed by atoms with Crippen LogP contribution in [-0.2, 0) is 11.3 Å². The third-order valence-corrected chi connectivity index (χ3v) is 4.28. The van der Waals surface area contributed by atoms with Crippen molar-refractivity contribution in [2.75, 3.05) is 27.4 Å². The maximum absolute atomic E-state index is 6.08. The van der Waals surface area contributed by atoms with E-state index in [9.17, 15) is 0 Å². The van der Waals surface area contributed by atoms with Crippen molar-refractivity contribution in [3.05, 3.63) is 64.7 Å². The Morgan fingerprint density at radius 2 is 1.93 bits per heavy atom. The highest BCUT2D eigenvalue weighted by atomic mass is 127. The van der Waals surface area contributed by atoms with E-state index in [1.165, 1.54) is 0 Å². The second kappa shape index (κ2) is 13.6. The van der Waals surface area contributed by atoms with Gasteiger partial charge in [-0.25, -0.2) is 0 Å². The molecule has 154 valence electrons. The lowest BCUT2D eigenvalue weighted by molar-refractivity contribution is 0.172. The molecule has 1 atom stereocenters. The normalized spacial score (nSPS) is 12.1. The third-order valence-electron chi connectivity index (χ3n) is 4.05. The van der Waals surface area contributed by atoms with Crippen molar-refractivity contribution >= 4 is 41.5 Å². The molecule has 0 saturated carbocycles. The van der Waals surface area contributed by atoms with Crippen LogP contribution in [0.15, 0.2) is 53.5 Å². The molecule has 1 unspecified atom stereocenters. The second-order valence-corrected chi connectivity index (χ2v) is 6.63. The number of halogens is 2. The lowest BCUT2D eigenvalue weighted by Gasteiger charge is -2.18. The van der Waals surface area contributed by atoms with Gasteiger partial charge in [-0.2, -0.15) is 0 Å². The van der Waals surface area contributed by atoms with Crippen LogP contribution < -0.4 is 15.4 Å². The number of nitrogens with one attached hydrogen (secondary N) is 2. The van der Waals surface area contributed by atoms with E-state index in [-0.39, 0.29) is 30.0 Å². The summed E-state index contributed by atoms with van der Waals surface area (Å²) in [6, 6.07) is 16.0.